The number of methoxy groups -OCH3 is 1. The molecule has 0 fully saturated rings. The molecule has 114 valence electrons. The summed E-state index contributed by atoms with van der Waals surface area (Å²) >= 11 is 5.84. The van der Waals surface area contributed by atoms with Crippen LogP contribution in [0.5, 0.6) is 0 Å². The predicted octanol–water partition coefficient (Wildman–Crippen LogP) is 2.81. The Morgan fingerprint density at radius 3 is 2.57 bits per heavy atom. The van der Waals surface area contributed by atoms with Gasteiger partial charge in [-0.1, -0.05) is 31.5 Å². The molecule has 1 atom stereocenters. The molecule has 1 aromatic rings. The van der Waals surface area contributed by atoms with Gasteiger partial charge in [-0.3, -0.25) is 4.79 Å². The minimum Gasteiger partial charge on any atom is -0.467 e. The molecule has 1 aromatic carbocycles. The van der Waals surface area contributed by atoms with Crippen LogP contribution in [0.25, 0.3) is 6.08 Å². The summed E-state index contributed by atoms with van der Waals surface area (Å²) in [5.41, 5.74) is 0.119. The fourth-order valence-electron chi connectivity index (χ4n) is 1.66. The minimum absolute atomic E-state index is 0.119. The van der Waals surface area contributed by atoms with Crippen LogP contribution in [0.4, 0.5) is 4.39 Å². The Kier molecular flexibility index (Phi) is 6.37. The Hall–Kier alpha value is -1.88. The van der Waals surface area contributed by atoms with Gasteiger partial charge in [0.2, 0.25) is 5.91 Å². The zero-order valence-electron chi connectivity index (χ0n) is 12.0. The topological polar surface area (TPSA) is 55.4 Å². The molecule has 1 amide bonds. The highest BCUT2D eigenvalue weighted by atomic mass is 35.5. The molecule has 1 unspecified atom stereocenters. The summed E-state index contributed by atoms with van der Waals surface area (Å²) < 4.78 is 18.1. The lowest BCUT2D eigenvalue weighted by atomic mass is 10.0. The van der Waals surface area contributed by atoms with Crippen molar-refractivity contribution in [2.75, 3.05) is 7.11 Å². The van der Waals surface area contributed by atoms with Crippen LogP contribution in [0.2, 0.25) is 5.02 Å². The molecular formula is C15H17ClFNO3. The summed E-state index contributed by atoms with van der Waals surface area (Å²) in [6.07, 6.45) is 2.39. The van der Waals surface area contributed by atoms with Crippen molar-refractivity contribution in [2.45, 2.75) is 19.9 Å². The molecule has 0 radical (unpaired) electrons. The molecule has 1 rings (SSSR count). The van der Waals surface area contributed by atoms with Gasteiger partial charge in [0.25, 0.3) is 0 Å². The van der Waals surface area contributed by atoms with Crippen molar-refractivity contribution in [3.8, 4) is 0 Å². The lowest BCUT2D eigenvalue weighted by Gasteiger charge is -2.18. The molecule has 0 aromatic heterocycles. The number of hydrogen-bond acceptors (Lipinski definition) is 3. The number of carbonyl (C=O) groups excluding carboxylic acids is 2. The summed E-state index contributed by atoms with van der Waals surface area (Å²) in [6, 6.07) is 3.48. The van der Waals surface area contributed by atoms with E-state index in [1.807, 2.05) is 0 Å². The molecule has 21 heavy (non-hydrogen) atoms. The highest BCUT2D eigenvalue weighted by Gasteiger charge is 2.23. The molecule has 0 aliphatic rings. The summed E-state index contributed by atoms with van der Waals surface area (Å²) in [6.45, 7) is 3.55. The number of hydrogen-bond donors (Lipinski definition) is 1. The van der Waals surface area contributed by atoms with E-state index in [4.69, 9.17) is 11.6 Å². The average molecular weight is 314 g/mol. The van der Waals surface area contributed by atoms with Crippen LogP contribution >= 0.6 is 11.6 Å². The molecule has 0 aliphatic heterocycles. The fraction of sp³-hybridized carbons (Fsp3) is 0.333. The molecule has 0 spiro atoms. The molecule has 4 nitrogen and oxygen atoms in total. The van der Waals surface area contributed by atoms with Gasteiger partial charge in [-0.05, 0) is 24.1 Å². The van der Waals surface area contributed by atoms with Gasteiger partial charge < -0.3 is 10.1 Å². The second-order valence-corrected chi connectivity index (χ2v) is 5.13. The van der Waals surface area contributed by atoms with E-state index in [1.54, 1.807) is 13.8 Å². The average Bonchev–Trinajstić information content (AvgIpc) is 2.43. The number of benzene rings is 1. The van der Waals surface area contributed by atoms with E-state index >= 15 is 0 Å². The molecule has 0 bridgehead atoms. The zero-order chi connectivity index (χ0) is 16.0. The minimum atomic E-state index is -0.761. The SMILES string of the molecule is COC(=O)C(NC(=O)/C=C/c1c(F)cccc1Cl)C(C)C. The van der Waals surface area contributed by atoms with E-state index in [9.17, 15) is 14.0 Å². The van der Waals surface area contributed by atoms with E-state index in [0.29, 0.717) is 0 Å². The molecule has 0 saturated carbocycles. The first-order valence-corrected chi connectivity index (χ1v) is 6.75. The first-order valence-electron chi connectivity index (χ1n) is 6.37. The maximum Gasteiger partial charge on any atom is 0.328 e. The van der Waals surface area contributed by atoms with Gasteiger partial charge in [-0.15, -0.1) is 0 Å². The third-order valence-electron chi connectivity index (χ3n) is 2.82. The second-order valence-electron chi connectivity index (χ2n) is 4.72. The van der Waals surface area contributed by atoms with Crippen LogP contribution in [0, 0.1) is 11.7 Å². The van der Waals surface area contributed by atoms with Gasteiger partial charge in [-0.2, -0.15) is 0 Å². The number of amides is 1. The first kappa shape index (κ1) is 17.2. The van der Waals surface area contributed by atoms with Crippen LogP contribution in [-0.4, -0.2) is 25.0 Å². The Morgan fingerprint density at radius 1 is 1.38 bits per heavy atom. The normalized spacial score (nSPS) is 12.5. The van der Waals surface area contributed by atoms with E-state index in [1.165, 1.54) is 31.4 Å². The molecule has 0 aliphatic carbocycles. The quantitative estimate of drug-likeness (QED) is 0.672. The van der Waals surface area contributed by atoms with E-state index in [-0.39, 0.29) is 16.5 Å². The number of ether oxygens (including phenoxy) is 1. The van der Waals surface area contributed by atoms with E-state index in [2.05, 4.69) is 10.1 Å². The Bertz CT molecular complexity index is 538. The number of rotatable bonds is 5. The van der Waals surface area contributed by atoms with E-state index < -0.39 is 23.7 Å². The smallest absolute Gasteiger partial charge is 0.328 e. The van der Waals surface area contributed by atoms with Crippen molar-refractivity contribution in [3.05, 3.63) is 40.7 Å². The maximum atomic E-state index is 13.5. The molecule has 0 saturated heterocycles. The van der Waals surface area contributed by atoms with Gasteiger partial charge in [-0.25, -0.2) is 9.18 Å². The highest BCUT2D eigenvalue weighted by Crippen LogP contribution is 2.20. The molecule has 1 N–H and O–H groups in total. The van der Waals surface area contributed by atoms with Crippen LogP contribution in [0.3, 0.4) is 0 Å². The zero-order valence-corrected chi connectivity index (χ0v) is 12.8. The van der Waals surface area contributed by atoms with Crippen molar-refractivity contribution < 1.29 is 18.7 Å². The standard InChI is InChI=1S/C15H17ClFNO3/c1-9(2)14(15(20)21-3)18-13(19)8-7-10-11(16)5-4-6-12(10)17/h4-9,14H,1-3H3,(H,18,19)/b8-7+. The number of halogens is 2. The van der Waals surface area contributed by atoms with Gasteiger partial charge in [0.1, 0.15) is 11.9 Å². The van der Waals surface area contributed by atoms with Gasteiger partial charge in [0.15, 0.2) is 0 Å². The van der Waals surface area contributed by atoms with Crippen LogP contribution in [0.15, 0.2) is 24.3 Å². The number of esters is 1. The highest BCUT2D eigenvalue weighted by molar-refractivity contribution is 6.32. The van der Waals surface area contributed by atoms with Crippen molar-refractivity contribution in [1.29, 1.82) is 0 Å². The second kappa shape index (κ2) is 7.78. The summed E-state index contributed by atoms with van der Waals surface area (Å²) in [7, 11) is 1.25. The van der Waals surface area contributed by atoms with Gasteiger partial charge in [0.05, 0.1) is 12.1 Å². The van der Waals surface area contributed by atoms with Crippen LogP contribution in [-0.2, 0) is 14.3 Å². The lowest BCUT2D eigenvalue weighted by molar-refractivity contribution is -0.145. The van der Waals surface area contributed by atoms with Crippen LogP contribution < -0.4 is 5.32 Å². The largest absolute Gasteiger partial charge is 0.467 e. The van der Waals surface area contributed by atoms with E-state index in [0.717, 1.165) is 6.08 Å². The number of carbonyl (C=O) groups is 2. The Morgan fingerprint density at radius 2 is 2.05 bits per heavy atom. The van der Waals surface area contributed by atoms with Gasteiger partial charge >= 0.3 is 5.97 Å². The summed E-state index contributed by atoms with van der Waals surface area (Å²) in [5.74, 6) is -1.72. The Labute approximate surface area is 127 Å². The van der Waals surface area contributed by atoms with Crippen molar-refractivity contribution in [3.63, 3.8) is 0 Å². The molecular weight excluding hydrogens is 297 g/mol. The Balaban J connectivity index is 2.81. The monoisotopic (exact) mass is 313 g/mol. The third-order valence-corrected chi connectivity index (χ3v) is 3.15. The third kappa shape index (κ3) is 4.86. The van der Waals surface area contributed by atoms with Crippen molar-refractivity contribution in [1.82, 2.24) is 5.32 Å². The lowest BCUT2D eigenvalue weighted by Crippen LogP contribution is -2.44. The summed E-state index contributed by atoms with van der Waals surface area (Å²) in [5, 5.41) is 2.71. The number of nitrogens with one attached hydrogen (secondary N) is 1. The van der Waals surface area contributed by atoms with Crippen LogP contribution in [0.1, 0.15) is 19.4 Å². The molecule has 6 heteroatoms. The van der Waals surface area contributed by atoms with Crippen molar-refractivity contribution >= 4 is 29.6 Å². The maximum absolute atomic E-state index is 13.5. The van der Waals surface area contributed by atoms with Gasteiger partial charge in [0, 0.05) is 11.6 Å². The van der Waals surface area contributed by atoms with Crippen molar-refractivity contribution in [2.24, 2.45) is 5.92 Å². The summed E-state index contributed by atoms with van der Waals surface area (Å²) in [4.78, 5) is 23.3. The predicted molar refractivity (Wildman–Crippen MR) is 79.2 cm³/mol. The fourth-order valence-corrected chi connectivity index (χ4v) is 1.88. The first-order chi connectivity index (χ1) is 9.86. The molecule has 0 heterocycles.